The molecule has 1 unspecified atom stereocenters. The molecule has 0 radical (unpaired) electrons. The second-order valence-electron chi connectivity index (χ2n) is 7.56. The molecule has 1 aliphatic rings. The third-order valence-electron chi connectivity index (χ3n) is 4.30. The fourth-order valence-corrected chi connectivity index (χ4v) is 2.79. The van der Waals surface area contributed by atoms with E-state index in [0.717, 1.165) is 25.6 Å². The fraction of sp³-hybridized carbons (Fsp3) is 0.667. The third kappa shape index (κ3) is 3.76. The summed E-state index contributed by atoms with van der Waals surface area (Å²) in [7, 11) is 0. The maximum absolute atomic E-state index is 3.75. The third-order valence-corrected chi connectivity index (χ3v) is 4.30. The smallest absolute Gasteiger partial charge is 0.0412 e. The first-order chi connectivity index (χ1) is 9.38. The molecule has 0 fully saturated rings. The predicted molar refractivity (Wildman–Crippen MR) is 88.2 cm³/mol. The molecule has 1 N–H and O–H groups in total. The minimum absolute atomic E-state index is 0.290. The standard InChI is InChI=1S/C18H30N2/c1-14(2)10-11-20-13-17(18(3,4)5)19-12-15-8-6-7-9-16(15)20/h6-9,14,17,19H,10-13H2,1-5H3. The SMILES string of the molecule is CC(C)CCN1CC(C(C)(C)C)NCc2ccccc21. The summed E-state index contributed by atoms with van der Waals surface area (Å²) in [5.41, 5.74) is 3.15. The Morgan fingerprint density at radius 3 is 2.60 bits per heavy atom. The average molecular weight is 274 g/mol. The first kappa shape index (κ1) is 15.4. The Bertz CT molecular complexity index is 431. The highest BCUT2D eigenvalue weighted by Gasteiger charge is 2.29. The molecule has 1 aliphatic heterocycles. The summed E-state index contributed by atoms with van der Waals surface area (Å²) in [5, 5.41) is 3.75. The fourth-order valence-electron chi connectivity index (χ4n) is 2.79. The summed E-state index contributed by atoms with van der Waals surface area (Å²) in [6, 6.07) is 9.39. The lowest BCUT2D eigenvalue weighted by Crippen LogP contribution is -2.46. The summed E-state index contributed by atoms with van der Waals surface area (Å²) in [5.74, 6) is 0.756. The Kier molecular flexibility index (Phi) is 4.74. The van der Waals surface area contributed by atoms with Crippen molar-refractivity contribution in [1.29, 1.82) is 0 Å². The molecule has 1 atom stereocenters. The van der Waals surface area contributed by atoms with E-state index >= 15 is 0 Å². The molecule has 0 amide bonds. The van der Waals surface area contributed by atoms with Crippen LogP contribution in [0, 0.1) is 11.3 Å². The summed E-state index contributed by atoms with van der Waals surface area (Å²) in [6.45, 7) is 14.9. The van der Waals surface area contributed by atoms with Gasteiger partial charge in [-0.2, -0.15) is 0 Å². The van der Waals surface area contributed by atoms with Crippen molar-refractivity contribution in [2.75, 3.05) is 18.0 Å². The maximum atomic E-state index is 3.75. The second kappa shape index (κ2) is 6.17. The van der Waals surface area contributed by atoms with Gasteiger partial charge in [-0.1, -0.05) is 52.8 Å². The Labute approximate surface area is 124 Å². The number of para-hydroxylation sites is 1. The van der Waals surface area contributed by atoms with Gasteiger partial charge in [-0.25, -0.2) is 0 Å². The molecule has 0 bridgehead atoms. The Hall–Kier alpha value is -1.02. The number of rotatable bonds is 3. The lowest BCUT2D eigenvalue weighted by molar-refractivity contribution is 0.271. The van der Waals surface area contributed by atoms with Crippen LogP contribution < -0.4 is 10.2 Å². The molecule has 2 nitrogen and oxygen atoms in total. The van der Waals surface area contributed by atoms with Gasteiger partial charge in [0.2, 0.25) is 0 Å². The van der Waals surface area contributed by atoms with Gasteiger partial charge >= 0.3 is 0 Å². The van der Waals surface area contributed by atoms with Gasteiger partial charge in [0.1, 0.15) is 0 Å². The molecule has 1 heterocycles. The van der Waals surface area contributed by atoms with Gasteiger partial charge in [-0.3, -0.25) is 0 Å². The van der Waals surface area contributed by atoms with Crippen LogP contribution in [-0.2, 0) is 6.54 Å². The van der Waals surface area contributed by atoms with Crippen LogP contribution in [0.1, 0.15) is 46.6 Å². The first-order valence-electron chi connectivity index (χ1n) is 7.94. The van der Waals surface area contributed by atoms with Gasteiger partial charge in [0.15, 0.2) is 0 Å². The minimum Gasteiger partial charge on any atom is -0.370 e. The molecule has 0 spiro atoms. The molecule has 0 aliphatic carbocycles. The van der Waals surface area contributed by atoms with Crippen LogP contribution in [0.3, 0.4) is 0 Å². The van der Waals surface area contributed by atoms with Crippen molar-refractivity contribution in [3.63, 3.8) is 0 Å². The highest BCUT2D eigenvalue weighted by molar-refractivity contribution is 5.54. The molecule has 20 heavy (non-hydrogen) atoms. The van der Waals surface area contributed by atoms with E-state index in [1.807, 2.05) is 0 Å². The highest BCUT2D eigenvalue weighted by Crippen LogP contribution is 2.29. The number of hydrogen-bond acceptors (Lipinski definition) is 2. The Balaban J connectivity index is 2.23. The number of fused-ring (bicyclic) bond motifs is 1. The number of benzene rings is 1. The molecule has 112 valence electrons. The molecular weight excluding hydrogens is 244 g/mol. The van der Waals surface area contributed by atoms with Gasteiger partial charge in [-0.05, 0) is 29.4 Å². The van der Waals surface area contributed by atoms with Crippen molar-refractivity contribution in [3.05, 3.63) is 29.8 Å². The zero-order valence-electron chi connectivity index (χ0n) is 13.7. The monoisotopic (exact) mass is 274 g/mol. The quantitative estimate of drug-likeness (QED) is 0.894. The van der Waals surface area contributed by atoms with Crippen LogP contribution in [-0.4, -0.2) is 19.1 Å². The number of hydrogen-bond donors (Lipinski definition) is 1. The maximum Gasteiger partial charge on any atom is 0.0412 e. The molecule has 1 aromatic carbocycles. The topological polar surface area (TPSA) is 15.3 Å². The summed E-state index contributed by atoms with van der Waals surface area (Å²) in [6.07, 6.45) is 1.26. The van der Waals surface area contributed by atoms with E-state index in [1.54, 1.807) is 0 Å². The van der Waals surface area contributed by atoms with E-state index in [9.17, 15) is 0 Å². The van der Waals surface area contributed by atoms with E-state index in [4.69, 9.17) is 0 Å². The lowest BCUT2D eigenvalue weighted by atomic mass is 9.86. The Morgan fingerprint density at radius 2 is 1.95 bits per heavy atom. The van der Waals surface area contributed by atoms with Crippen LogP contribution >= 0.6 is 0 Å². The molecule has 1 aromatic rings. The van der Waals surface area contributed by atoms with Gasteiger partial charge in [0.05, 0.1) is 0 Å². The number of nitrogens with zero attached hydrogens (tertiary/aromatic N) is 1. The van der Waals surface area contributed by atoms with Crippen LogP contribution in [0.5, 0.6) is 0 Å². The second-order valence-corrected chi connectivity index (χ2v) is 7.56. The van der Waals surface area contributed by atoms with Gasteiger partial charge < -0.3 is 10.2 Å². The van der Waals surface area contributed by atoms with Crippen molar-refractivity contribution < 1.29 is 0 Å². The Morgan fingerprint density at radius 1 is 1.25 bits per heavy atom. The summed E-state index contributed by atoms with van der Waals surface area (Å²) >= 11 is 0. The molecule has 0 aromatic heterocycles. The molecule has 2 heteroatoms. The first-order valence-corrected chi connectivity index (χ1v) is 7.94. The zero-order chi connectivity index (χ0) is 14.8. The normalized spacial score (nSPS) is 19.9. The molecule has 0 saturated heterocycles. The van der Waals surface area contributed by atoms with Crippen molar-refractivity contribution in [1.82, 2.24) is 5.32 Å². The summed E-state index contributed by atoms with van der Waals surface area (Å²) < 4.78 is 0. The molecular formula is C18H30N2. The average Bonchev–Trinajstić information content (AvgIpc) is 2.55. The van der Waals surface area contributed by atoms with Crippen molar-refractivity contribution in [2.45, 2.75) is 53.6 Å². The van der Waals surface area contributed by atoms with E-state index in [-0.39, 0.29) is 5.41 Å². The van der Waals surface area contributed by atoms with Gasteiger partial charge in [0, 0.05) is 31.4 Å². The van der Waals surface area contributed by atoms with Crippen molar-refractivity contribution in [3.8, 4) is 0 Å². The van der Waals surface area contributed by atoms with Gasteiger partial charge in [-0.15, -0.1) is 0 Å². The molecule has 0 saturated carbocycles. The zero-order valence-corrected chi connectivity index (χ0v) is 13.7. The van der Waals surface area contributed by atoms with Crippen LogP contribution in [0.4, 0.5) is 5.69 Å². The summed E-state index contributed by atoms with van der Waals surface area (Å²) in [4.78, 5) is 2.59. The van der Waals surface area contributed by atoms with E-state index < -0.39 is 0 Å². The van der Waals surface area contributed by atoms with E-state index in [2.05, 4.69) is 69.1 Å². The largest absolute Gasteiger partial charge is 0.370 e. The van der Waals surface area contributed by atoms with Crippen LogP contribution in [0.15, 0.2) is 24.3 Å². The number of anilines is 1. The highest BCUT2D eigenvalue weighted by atomic mass is 15.2. The number of nitrogens with one attached hydrogen (secondary N) is 1. The van der Waals surface area contributed by atoms with Crippen molar-refractivity contribution >= 4 is 5.69 Å². The molecule has 2 rings (SSSR count). The lowest BCUT2D eigenvalue weighted by Gasteiger charge is -2.35. The van der Waals surface area contributed by atoms with Crippen LogP contribution in [0.25, 0.3) is 0 Å². The van der Waals surface area contributed by atoms with E-state index in [1.165, 1.54) is 17.7 Å². The van der Waals surface area contributed by atoms with Gasteiger partial charge in [0.25, 0.3) is 0 Å². The van der Waals surface area contributed by atoms with E-state index in [0.29, 0.717) is 6.04 Å². The van der Waals surface area contributed by atoms with Crippen LogP contribution in [0.2, 0.25) is 0 Å². The van der Waals surface area contributed by atoms with Crippen molar-refractivity contribution in [2.24, 2.45) is 11.3 Å². The predicted octanol–water partition coefficient (Wildman–Crippen LogP) is 4.06. The minimum atomic E-state index is 0.290.